The molecule has 0 bridgehead atoms. The van der Waals surface area contributed by atoms with Gasteiger partial charge in [-0.2, -0.15) is 0 Å². The molecule has 0 unspecified atom stereocenters. The lowest BCUT2D eigenvalue weighted by atomic mass is 10.1. The Hall–Kier alpha value is -1.98. The van der Waals surface area contributed by atoms with E-state index < -0.39 is 0 Å². The fourth-order valence-corrected chi connectivity index (χ4v) is 8.08. The zero-order valence-corrected chi connectivity index (χ0v) is 20.1. The summed E-state index contributed by atoms with van der Waals surface area (Å²) in [7, 11) is 0. The van der Waals surface area contributed by atoms with Crippen LogP contribution in [0, 0.1) is 0 Å². The van der Waals surface area contributed by atoms with Crippen molar-refractivity contribution in [2.45, 2.75) is 26.7 Å². The summed E-state index contributed by atoms with van der Waals surface area (Å²) in [5.41, 5.74) is 0. The maximum Gasteiger partial charge on any atom is 0.0356 e. The molecule has 0 fully saturated rings. The molecule has 4 aromatic heterocycles. The first-order valence-corrected chi connectivity index (χ1v) is 13.6. The van der Waals surface area contributed by atoms with Crippen molar-refractivity contribution in [2.75, 3.05) is 0 Å². The van der Waals surface area contributed by atoms with Gasteiger partial charge in [0.15, 0.2) is 0 Å². The van der Waals surface area contributed by atoms with E-state index in [-0.39, 0.29) is 0 Å². The Labute approximate surface area is 191 Å². The van der Waals surface area contributed by atoms with Crippen LogP contribution in [0.25, 0.3) is 52.5 Å². The number of rotatable bonds is 4. The van der Waals surface area contributed by atoms with Crippen molar-refractivity contribution in [3.8, 4) is 0 Å². The lowest BCUT2D eigenvalue weighted by Gasteiger charge is -1.90. The standard InChI is InChI=1S/C26H20S4/c1-3-15-11-19-21-13-17(29-25(21)9-7-23(19)27-15)5-6-18-14-22-20-12-16(4-2)28-24(20)8-10-26(22)30-18/h5-14H,3-4H2,1-2H3/b6-5+. The molecular weight excluding hydrogens is 441 g/mol. The quantitative estimate of drug-likeness (QED) is 0.245. The van der Waals surface area contributed by atoms with Crippen LogP contribution in [-0.2, 0) is 12.8 Å². The summed E-state index contributed by atoms with van der Waals surface area (Å²) in [5.74, 6) is 0. The van der Waals surface area contributed by atoms with E-state index >= 15 is 0 Å². The zero-order chi connectivity index (χ0) is 20.2. The van der Waals surface area contributed by atoms with Gasteiger partial charge in [-0.1, -0.05) is 13.8 Å². The van der Waals surface area contributed by atoms with Crippen LogP contribution in [0.15, 0.2) is 48.5 Å². The van der Waals surface area contributed by atoms with E-state index in [4.69, 9.17) is 0 Å². The van der Waals surface area contributed by atoms with Crippen LogP contribution in [0.1, 0.15) is 33.4 Å². The van der Waals surface area contributed by atoms with E-state index in [2.05, 4.69) is 74.5 Å². The lowest BCUT2D eigenvalue weighted by Crippen LogP contribution is -1.66. The highest BCUT2D eigenvalue weighted by Gasteiger charge is 2.09. The number of hydrogen-bond acceptors (Lipinski definition) is 4. The van der Waals surface area contributed by atoms with Gasteiger partial charge in [-0.05, 0) is 73.5 Å². The minimum absolute atomic E-state index is 1.11. The minimum atomic E-state index is 1.11. The summed E-state index contributed by atoms with van der Waals surface area (Å²) in [5, 5.41) is 5.63. The molecule has 0 nitrogen and oxygen atoms in total. The second-order valence-electron chi connectivity index (χ2n) is 7.54. The van der Waals surface area contributed by atoms with E-state index in [1.807, 2.05) is 45.3 Å². The van der Waals surface area contributed by atoms with Crippen molar-refractivity contribution >= 4 is 97.8 Å². The van der Waals surface area contributed by atoms with Crippen LogP contribution in [-0.4, -0.2) is 0 Å². The predicted octanol–water partition coefficient (Wildman–Crippen LogP) is 9.84. The van der Waals surface area contributed by atoms with Crippen molar-refractivity contribution in [1.82, 2.24) is 0 Å². The third kappa shape index (κ3) is 3.05. The molecule has 0 aliphatic rings. The smallest absolute Gasteiger partial charge is 0.0356 e. The Balaban J connectivity index is 1.40. The Morgan fingerprint density at radius 2 is 0.900 bits per heavy atom. The third-order valence-electron chi connectivity index (χ3n) is 5.64. The number of hydrogen-bond donors (Lipinski definition) is 0. The highest BCUT2D eigenvalue weighted by atomic mass is 32.1. The van der Waals surface area contributed by atoms with Crippen LogP contribution >= 0.6 is 45.3 Å². The van der Waals surface area contributed by atoms with Crippen molar-refractivity contribution < 1.29 is 0 Å². The molecule has 0 saturated heterocycles. The molecule has 0 spiro atoms. The van der Waals surface area contributed by atoms with Crippen LogP contribution in [0.2, 0.25) is 0 Å². The molecule has 0 atom stereocenters. The average molecular weight is 461 g/mol. The summed E-state index contributed by atoms with van der Waals surface area (Å²) in [6.07, 6.45) is 6.80. The Morgan fingerprint density at radius 3 is 1.30 bits per heavy atom. The minimum Gasteiger partial charge on any atom is -0.140 e. The largest absolute Gasteiger partial charge is 0.140 e. The van der Waals surface area contributed by atoms with Gasteiger partial charge in [0.2, 0.25) is 0 Å². The van der Waals surface area contributed by atoms with Gasteiger partial charge in [-0.25, -0.2) is 0 Å². The van der Waals surface area contributed by atoms with Gasteiger partial charge in [-0.15, -0.1) is 45.3 Å². The second kappa shape index (κ2) is 7.31. The molecule has 4 heteroatoms. The summed E-state index contributed by atoms with van der Waals surface area (Å²) >= 11 is 7.63. The second-order valence-corrected chi connectivity index (χ2v) is 12.1. The lowest BCUT2D eigenvalue weighted by molar-refractivity contribution is 1.19. The summed E-state index contributed by atoms with van der Waals surface area (Å²) in [4.78, 5) is 5.59. The van der Waals surface area contributed by atoms with Gasteiger partial charge in [0.05, 0.1) is 0 Å². The van der Waals surface area contributed by atoms with Crippen molar-refractivity contribution in [2.24, 2.45) is 0 Å². The molecule has 30 heavy (non-hydrogen) atoms. The monoisotopic (exact) mass is 460 g/mol. The maximum absolute atomic E-state index is 2.38. The molecule has 0 amide bonds. The first-order chi connectivity index (χ1) is 14.7. The molecule has 4 heterocycles. The number of fused-ring (bicyclic) bond motifs is 6. The molecule has 0 saturated carbocycles. The summed E-state index contributed by atoms with van der Waals surface area (Å²) < 4.78 is 5.57. The molecule has 0 N–H and O–H groups in total. The normalized spacial score (nSPS) is 12.5. The number of benzene rings is 2. The fourth-order valence-electron chi connectivity index (χ4n) is 4.08. The van der Waals surface area contributed by atoms with E-state index in [0.29, 0.717) is 0 Å². The molecule has 0 aliphatic heterocycles. The highest BCUT2D eigenvalue weighted by molar-refractivity contribution is 7.22. The van der Waals surface area contributed by atoms with Gasteiger partial charge in [0.25, 0.3) is 0 Å². The summed E-state index contributed by atoms with van der Waals surface area (Å²) in [6.45, 7) is 4.48. The SMILES string of the molecule is CCc1cc2c(ccc3sc(/C=C/c4cc5c(ccc6sc(CC)cc65)s4)cc32)s1. The van der Waals surface area contributed by atoms with E-state index in [9.17, 15) is 0 Å². The van der Waals surface area contributed by atoms with Gasteiger partial charge < -0.3 is 0 Å². The fraction of sp³-hybridized carbons (Fsp3) is 0.154. The predicted molar refractivity (Wildman–Crippen MR) is 142 cm³/mol. The van der Waals surface area contributed by atoms with E-state index in [0.717, 1.165) is 12.8 Å². The number of thiophene rings is 4. The third-order valence-corrected chi connectivity index (χ3v) is 10.3. The Bertz CT molecular complexity index is 1450. The van der Waals surface area contributed by atoms with E-state index in [1.54, 1.807) is 0 Å². The van der Waals surface area contributed by atoms with Gasteiger partial charge in [-0.3, -0.25) is 0 Å². The van der Waals surface area contributed by atoms with E-state index in [1.165, 1.54) is 59.9 Å². The van der Waals surface area contributed by atoms with Crippen LogP contribution in [0.5, 0.6) is 0 Å². The van der Waals surface area contributed by atoms with Gasteiger partial charge in [0.1, 0.15) is 0 Å². The molecular formula is C26H20S4. The highest BCUT2D eigenvalue weighted by Crippen LogP contribution is 2.39. The van der Waals surface area contributed by atoms with Gasteiger partial charge in [0, 0.05) is 59.9 Å². The van der Waals surface area contributed by atoms with Crippen molar-refractivity contribution in [3.63, 3.8) is 0 Å². The molecule has 2 aromatic carbocycles. The summed E-state index contributed by atoms with van der Waals surface area (Å²) in [6, 6.07) is 18.6. The molecule has 0 aliphatic carbocycles. The first-order valence-electron chi connectivity index (χ1n) is 10.3. The number of aryl methyl sites for hydroxylation is 2. The molecule has 6 aromatic rings. The Morgan fingerprint density at radius 1 is 0.533 bits per heavy atom. The van der Waals surface area contributed by atoms with Crippen LogP contribution < -0.4 is 0 Å². The molecule has 6 rings (SSSR count). The first kappa shape index (κ1) is 18.8. The zero-order valence-electron chi connectivity index (χ0n) is 16.8. The van der Waals surface area contributed by atoms with Crippen LogP contribution in [0.4, 0.5) is 0 Å². The topological polar surface area (TPSA) is 0 Å². The van der Waals surface area contributed by atoms with Crippen molar-refractivity contribution in [3.05, 3.63) is 68.0 Å². The van der Waals surface area contributed by atoms with Gasteiger partial charge >= 0.3 is 0 Å². The van der Waals surface area contributed by atoms with Crippen LogP contribution in [0.3, 0.4) is 0 Å². The average Bonchev–Trinajstić information content (AvgIpc) is 3.53. The maximum atomic E-state index is 2.38. The molecule has 0 radical (unpaired) electrons. The van der Waals surface area contributed by atoms with Crippen molar-refractivity contribution in [1.29, 1.82) is 0 Å². The molecule has 148 valence electrons. The Kier molecular flexibility index (Phi) is 4.57.